The van der Waals surface area contributed by atoms with Gasteiger partial charge in [0.05, 0.1) is 11.1 Å². The Balaban J connectivity index is 1.78. The van der Waals surface area contributed by atoms with E-state index in [1.807, 2.05) is 44.2 Å². The molecule has 2 aromatic carbocycles. The van der Waals surface area contributed by atoms with Crippen LogP contribution in [0.2, 0.25) is 5.02 Å². The van der Waals surface area contributed by atoms with Crippen LogP contribution in [-0.4, -0.2) is 12.6 Å². The fraction of sp³-hybridized carbons (Fsp3) is 0.381. The molecule has 0 saturated heterocycles. The molecule has 2 aromatic rings. The zero-order valence-electron chi connectivity index (χ0n) is 15.4. The summed E-state index contributed by atoms with van der Waals surface area (Å²) in [5.41, 5.74) is 3.17. The van der Waals surface area contributed by atoms with Crippen molar-refractivity contribution in [1.82, 2.24) is 0 Å². The number of ether oxygens (including phenoxy) is 2. The lowest BCUT2D eigenvalue weighted by atomic mass is 10.1. The van der Waals surface area contributed by atoms with Crippen LogP contribution in [0.15, 0.2) is 34.8 Å². The molecule has 0 fully saturated rings. The fourth-order valence-corrected chi connectivity index (χ4v) is 3.29. The maximum absolute atomic E-state index is 11.9. The summed E-state index contributed by atoms with van der Waals surface area (Å²) in [6.07, 6.45) is 3.02. The Labute approximate surface area is 168 Å². The number of aryl methyl sites for hydroxylation is 2. The number of hydrogen-bond acceptors (Lipinski definition) is 3. The quantitative estimate of drug-likeness (QED) is 0.270. The number of rotatable bonds is 8. The molecule has 0 unspecified atom stereocenters. The molecule has 0 N–H and O–H groups in total. The molecule has 0 aromatic heterocycles. The van der Waals surface area contributed by atoms with E-state index >= 15 is 0 Å². The van der Waals surface area contributed by atoms with Crippen molar-refractivity contribution in [2.75, 3.05) is 6.61 Å². The van der Waals surface area contributed by atoms with Crippen molar-refractivity contribution in [3.05, 3.63) is 56.5 Å². The summed E-state index contributed by atoms with van der Waals surface area (Å²) in [5.74, 6) is 1.08. The number of esters is 1. The van der Waals surface area contributed by atoms with Gasteiger partial charge >= 0.3 is 5.97 Å². The van der Waals surface area contributed by atoms with E-state index in [-0.39, 0.29) is 5.97 Å². The molecule has 5 heteroatoms. The minimum Gasteiger partial charge on any atom is -0.492 e. The zero-order valence-corrected chi connectivity index (χ0v) is 17.7. The van der Waals surface area contributed by atoms with Gasteiger partial charge in [0.1, 0.15) is 11.5 Å². The van der Waals surface area contributed by atoms with Crippen molar-refractivity contribution in [3.63, 3.8) is 0 Å². The molecular weight excluding hydrogens is 416 g/mol. The third kappa shape index (κ3) is 5.75. The summed E-state index contributed by atoms with van der Waals surface area (Å²) in [6, 6.07) is 9.58. The number of carbonyl (C=O) groups excluding carboxylic acids is 1. The van der Waals surface area contributed by atoms with Crippen LogP contribution in [0.3, 0.4) is 0 Å². The molecule has 0 heterocycles. The Morgan fingerprint density at radius 1 is 1.19 bits per heavy atom. The minimum atomic E-state index is -0.251. The van der Waals surface area contributed by atoms with Gasteiger partial charge in [-0.25, -0.2) is 0 Å². The zero-order chi connectivity index (χ0) is 19.1. The van der Waals surface area contributed by atoms with Crippen LogP contribution >= 0.6 is 27.5 Å². The van der Waals surface area contributed by atoms with Crippen molar-refractivity contribution < 1.29 is 14.3 Å². The average Bonchev–Trinajstić information content (AvgIpc) is 2.63. The molecule has 0 atom stereocenters. The molecule has 0 aliphatic carbocycles. The van der Waals surface area contributed by atoms with Crippen LogP contribution in [0, 0.1) is 13.8 Å². The number of benzene rings is 2. The Bertz CT molecular complexity index is 757. The van der Waals surface area contributed by atoms with E-state index in [2.05, 4.69) is 22.9 Å². The summed E-state index contributed by atoms with van der Waals surface area (Å²) in [6.45, 7) is 6.46. The second-order valence-corrected chi connectivity index (χ2v) is 7.44. The Morgan fingerprint density at radius 3 is 2.54 bits per heavy atom. The summed E-state index contributed by atoms with van der Waals surface area (Å²) in [7, 11) is 0. The molecule has 0 saturated carbocycles. The van der Waals surface area contributed by atoms with E-state index in [9.17, 15) is 4.79 Å². The summed E-state index contributed by atoms with van der Waals surface area (Å²) < 4.78 is 12.0. The van der Waals surface area contributed by atoms with E-state index in [4.69, 9.17) is 21.1 Å². The first-order valence-electron chi connectivity index (χ1n) is 8.80. The first-order chi connectivity index (χ1) is 12.4. The van der Waals surface area contributed by atoms with Gasteiger partial charge in [0.15, 0.2) is 0 Å². The van der Waals surface area contributed by atoms with Crippen LogP contribution in [0.25, 0.3) is 0 Å². The van der Waals surface area contributed by atoms with E-state index in [1.54, 1.807) is 0 Å². The Morgan fingerprint density at radius 2 is 1.88 bits per heavy atom. The van der Waals surface area contributed by atoms with E-state index in [0.717, 1.165) is 39.2 Å². The van der Waals surface area contributed by atoms with Crippen LogP contribution in [-0.2, 0) is 11.2 Å². The van der Waals surface area contributed by atoms with Crippen molar-refractivity contribution >= 4 is 33.5 Å². The first kappa shape index (κ1) is 20.8. The van der Waals surface area contributed by atoms with Gasteiger partial charge in [-0.2, -0.15) is 0 Å². The number of halogens is 2. The number of carbonyl (C=O) groups is 1. The molecule has 3 nitrogen and oxygen atoms in total. The fourth-order valence-electron chi connectivity index (χ4n) is 2.60. The van der Waals surface area contributed by atoms with Crippen LogP contribution in [0.4, 0.5) is 0 Å². The van der Waals surface area contributed by atoms with Gasteiger partial charge in [-0.1, -0.05) is 37.1 Å². The van der Waals surface area contributed by atoms with Gasteiger partial charge in [0.2, 0.25) is 0 Å². The van der Waals surface area contributed by atoms with Crippen molar-refractivity contribution in [2.24, 2.45) is 0 Å². The smallest absolute Gasteiger partial charge is 0.311 e. The van der Waals surface area contributed by atoms with Crippen molar-refractivity contribution in [2.45, 2.75) is 46.5 Å². The molecule has 0 amide bonds. The monoisotopic (exact) mass is 438 g/mol. The molecule has 0 aliphatic rings. The summed E-state index contributed by atoms with van der Waals surface area (Å²) >= 11 is 9.72. The highest BCUT2D eigenvalue weighted by Gasteiger charge is 2.11. The van der Waals surface area contributed by atoms with Gasteiger partial charge in [-0.3, -0.25) is 4.79 Å². The lowest BCUT2D eigenvalue weighted by molar-refractivity contribution is -0.134. The van der Waals surface area contributed by atoms with Gasteiger partial charge < -0.3 is 9.47 Å². The SMILES string of the molecule is CCCc1ccc(OC(=O)CCCOc2cc(C)c(Cl)c(C)c2Br)cc1. The van der Waals surface area contributed by atoms with Crippen LogP contribution < -0.4 is 9.47 Å². The molecular formula is C21H24BrClO3. The van der Waals surface area contributed by atoms with Gasteiger partial charge in [-0.05, 0) is 77.5 Å². The van der Waals surface area contributed by atoms with Crippen LogP contribution in [0.5, 0.6) is 11.5 Å². The van der Waals surface area contributed by atoms with Gasteiger partial charge in [0, 0.05) is 11.4 Å². The highest BCUT2D eigenvalue weighted by molar-refractivity contribution is 9.10. The predicted octanol–water partition coefficient (Wildman–Crippen LogP) is 6.44. The third-order valence-corrected chi connectivity index (χ3v) is 5.61. The standard InChI is InChI=1S/C21H24BrClO3/c1-4-6-16-8-10-17(11-9-16)26-19(24)7-5-12-25-18-13-14(2)21(23)15(3)20(18)22/h8-11,13H,4-7,12H2,1-3H3. The third-order valence-electron chi connectivity index (χ3n) is 4.05. The summed E-state index contributed by atoms with van der Waals surface area (Å²) in [4.78, 5) is 11.9. The highest BCUT2D eigenvalue weighted by Crippen LogP contribution is 2.35. The average molecular weight is 440 g/mol. The summed E-state index contributed by atoms with van der Waals surface area (Å²) in [5, 5.41) is 0.734. The lowest BCUT2D eigenvalue weighted by Crippen LogP contribution is -2.10. The molecule has 0 spiro atoms. The number of hydrogen-bond donors (Lipinski definition) is 0. The van der Waals surface area contributed by atoms with E-state index in [0.29, 0.717) is 25.2 Å². The van der Waals surface area contributed by atoms with Gasteiger partial charge in [0.25, 0.3) is 0 Å². The topological polar surface area (TPSA) is 35.5 Å². The first-order valence-corrected chi connectivity index (χ1v) is 9.97. The second kappa shape index (κ2) is 9.98. The normalized spacial score (nSPS) is 10.7. The van der Waals surface area contributed by atoms with E-state index < -0.39 is 0 Å². The van der Waals surface area contributed by atoms with E-state index in [1.165, 1.54) is 5.56 Å². The Hall–Kier alpha value is -1.52. The second-order valence-electron chi connectivity index (χ2n) is 6.26. The molecule has 0 aliphatic heterocycles. The highest BCUT2D eigenvalue weighted by atomic mass is 79.9. The molecule has 0 bridgehead atoms. The largest absolute Gasteiger partial charge is 0.492 e. The Kier molecular flexibility index (Phi) is 7.98. The lowest BCUT2D eigenvalue weighted by Gasteiger charge is -2.13. The minimum absolute atomic E-state index is 0.251. The van der Waals surface area contributed by atoms with Crippen molar-refractivity contribution in [1.29, 1.82) is 0 Å². The molecule has 2 rings (SSSR count). The van der Waals surface area contributed by atoms with Gasteiger partial charge in [-0.15, -0.1) is 0 Å². The molecule has 0 radical (unpaired) electrons. The molecule has 26 heavy (non-hydrogen) atoms. The maximum Gasteiger partial charge on any atom is 0.311 e. The molecule has 140 valence electrons. The van der Waals surface area contributed by atoms with Crippen LogP contribution in [0.1, 0.15) is 42.9 Å². The maximum atomic E-state index is 11.9. The predicted molar refractivity (Wildman–Crippen MR) is 109 cm³/mol. The van der Waals surface area contributed by atoms with Crippen molar-refractivity contribution in [3.8, 4) is 11.5 Å².